The lowest BCUT2D eigenvalue weighted by molar-refractivity contribution is -0.164. The van der Waals surface area contributed by atoms with Gasteiger partial charge >= 0.3 is 6.16 Å². The Bertz CT molecular complexity index is 701. The highest BCUT2D eigenvalue weighted by Gasteiger charge is 2.66. The van der Waals surface area contributed by atoms with Crippen LogP contribution in [0.25, 0.3) is 0 Å². The summed E-state index contributed by atoms with van der Waals surface area (Å²) in [6.07, 6.45) is 5.57. The van der Waals surface area contributed by atoms with Crippen LogP contribution in [0.5, 0.6) is 0 Å². The van der Waals surface area contributed by atoms with E-state index in [2.05, 4.69) is 33.8 Å². The molecule has 4 rings (SSSR count). The summed E-state index contributed by atoms with van der Waals surface area (Å²) < 4.78 is 11.5. The molecular weight excluding hydrogens is 316 g/mol. The standard InChI is InChI=1S/C21H28O4/c1-11-6-13-8-12(2)15(22)9-16-20(3,4)10-17-21(16,5)18(14(13)7-11)25-19(23)24-17/h6,8,11,14,16-18H,7,9-10H2,1-5H3/b12-8-/t11-,14-,16+,17+,18-,21-/m0/s1. The second kappa shape index (κ2) is 5.21. The lowest BCUT2D eigenvalue weighted by Crippen LogP contribution is -2.55. The van der Waals surface area contributed by atoms with Gasteiger partial charge in [-0.15, -0.1) is 0 Å². The summed E-state index contributed by atoms with van der Waals surface area (Å²) in [6.45, 7) is 10.7. The van der Waals surface area contributed by atoms with Crippen molar-refractivity contribution >= 4 is 11.9 Å². The minimum absolute atomic E-state index is 0.0694. The Labute approximate surface area is 149 Å². The van der Waals surface area contributed by atoms with Crippen LogP contribution in [0.1, 0.15) is 53.9 Å². The van der Waals surface area contributed by atoms with Crippen LogP contribution in [0.2, 0.25) is 0 Å². The molecule has 3 aliphatic carbocycles. The van der Waals surface area contributed by atoms with E-state index in [9.17, 15) is 9.59 Å². The molecule has 0 bridgehead atoms. The van der Waals surface area contributed by atoms with Crippen molar-refractivity contribution in [1.82, 2.24) is 0 Å². The highest BCUT2D eigenvalue weighted by Crippen LogP contribution is 2.63. The molecule has 4 nitrogen and oxygen atoms in total. The molecule has 1 aliphatic heterocycles. The van der Waals surface area contributed by atoms with E-state index in [1.807, 2.05) is 13.0 Å². The molecule has 0 amide bonds. The number of carbonyl (C=O) groups excluding carboxylic acids is 2. The van der Waals surface area contributed by atoms with Crippen LogP contribution in [0.4, 0.5) is 4.79 Å². The number of ketones is 1. The largest absolute Gasteiger partial charge is 0.508 e. The summed E-state index contributed by atoms with van der Waals surface area (Å²) in [6, 6.07) is 0. The number of Topliss-reactive ketones (excluding diaryl/α,β-unsaturated/α-hetero) is 1. The minimum atomic E-state index is -0.547. The first-order valence-corrected chi connectivity index (χ1v) is 9.43. The Balaban J connectivity index is 1.89. The molecule has 2 fully saturated rings. The summed E-state index contributed by atoms with van der Waals surface area (Å²) in [5.41, 5.74) is 1.57. The van der Waals surface area contributed by atoms with E-state index >= 15 is 0 Å². The Kier molecular flexibility index (Phi) is 3.52. The van der Waals surface area contributed by atoms with Crippen LogP contribution in [0.15, 0.2) is 23.3 Å². The Morgan fingerprint density at radius 3 is 2.60 bits per heavy atom. The lowest BCUT2D eigenvalue weighted by Gasteiger charge is -2.48. The molecule has 4 heteroatoms. The first kappa shape index (κ1) is 16.9. The molecule has 0 N–H and O–H groups in total. The maximum atomic E-state index is 12.9. The zero-order chi connectivity index (χ0) is 18.1. The van der Waals surface area contributed by atoms with Crippen molar-refractivity contribution in [2.45, 2.75) is 66.1 Å². The van der Waals surface area contributed by atoms with Gasteiger partial charge in [0.1, 0.15) is 12.2 Å². The van der Waals surface area contributed by atoms with E-state index < -0.39 is 6.16 Å². The fraction of sp³-hybridized carbons (Fsp3) is 0.714. The van der Waals surface area contributed by atoms with E-state index in [-0.39, 0.29) is 40.7 Å². The van der Waals surface area contributed by atoms with Gasteiger partial charge < -0.3 is 9.47 Å². The van der Waals surface area contributed by atoms with Crippen LogP contribution in [0, 0.1) is 28.6 Å². The van der Waals surface area contributed by atoms with Crippen molar-refractivity contribution in [3.8, 4) is 0 Å². The molecule has 0 aromatic carbocycles. The van der Waals surface area contributed by atoms with Crippen molar-refractivity contribution in [3.05, 3.63) is 23.3 Å². The predicted molar refractivity (Wildman–Crippen MR) is 93.9 cm³/mol. The Hall–Kier alpha value is -1.58. The van der Waals surface area contributed by atoms with Gasteiger partial charge in [0.25, 0.3) is 0 Å². The van der Waals surface area contributed by atoms with Crippen molar-refractivity contribution in [1.29, 1.82) is 0 Å². The van der Waals surface area contributed by atoms with Gasteiger partial charge in [0.05, 0.1) is 0 Å². The van der Waals surface area contributed by atoms with Crippen LogP contribution in [0.3, 0.4) is 0 Å². The normalized spacial score (nSPS) is 47.2. The number of hydrogen-bond donors (Lipinski definition) is 0. The average Bonchev–Trinajstić information content (AvgIpc) is 2.95. The molecule has 6 atom stereocenters. The Morgan fingerprint density at radius 1 is 1.16 bits per heavy atom. The number of carbonyl (C=O) groups is 2. The molecule has 4 aliphatic rings. The third kappa shape index (κ3) is 2.32. The van der Waals surface area contributed by atoms with Crippen molar-refractivity contribution < 1.29 is 19.1 Å². The van der Waals surface area contributed by atoms with Crippen LogP contribution >= 0.6 is 0 Å². The maximum Gasteiger partial charge on any atom is 0.508 e. The number of fused-ring (bicyclic) bond motifs is 2. The molecule has 0 spiro atoms. The first-order chi connectivity index (χ1) is 11.6. The highest BCUT2D eigenvalue weighted by atomic mass is 16.7. The zero-order valence-corrected chi connectivity index (χ0v) is 15.8. The van der Waals surface area contributed by atoms with E-state index in [0.29, 0.717) is 12.3 Å². The zero-order valence-electron chi connectivity index (χ0n) is 15.8. The fourth-order valence-electron chi connectivity index (χ4n) is 6.03. The van der Waals surface area contributed by atoms with Crippen molar-refractivity contribution in [2.24, 2.45) is 28.6 Å². The van der Waals surface area contributed by atoms with Crippen LogP contribution in [-0.2, 0) is 14.3 Å². The molecule has 25 heavy (non-hydrogen) atoms. The molecule has 0 radical (unpaired) electrons. The molecule has 0 aromatic heterocycles. The first-order valence-electron chi connectivity index (χ1n) is 9.43. The summed E-state index contributed by atoms with van der Waals surface area (Å²) >= 11 is 0. The van der Waals surface area contributed by atoms with E-state index in [1.165, 1.54) is 0 Å². The van der Waals surface area contributed by atoms with Gasteiger partial charge in [-0.2, -0.15) is 0 Å². The predicted octanol–water partition coefficient (Wildman–Crippen LogP) is 4.44. The number of rotatable bonds is 0. The molecule has 136 valence electrons. The summed E-state index contributed by atoms with van der Waals surface area (Å²) in [7, 11) is 0. The monoisotopic (exact) mass is 344 g/mol. The maximum absolute atomic E-state index is 12.9. The van der Waals surface area contributed by atoms with Crippen LogP contribution in [-0.4, -0.2) is 24.1 Å². The fourth-order valence-corrected chi connectivity index (χ4v) is 6.03. The third-order valence-electron chi connectivity index (χ3n) is 7.28. The number of ether oxygens (including phenoxy) is 2. The number of allylic oxidation sites excluding steroid dienone is 3. The summed E-state index contributed by atoms with van der Waals surface area (Å²) in [4.78, 5) is 25.1. The Morgan fingerprint density at radius 2 is 1.88 bits per heavy atom. The van der Waals surface area contributed by atoms with E-state index in [0.717, 1.165) is 24.0 Å². The van der Waals surface area contributed by atoms with Gasteiger partial charge in [-0.05, 0) is 48.2 Å². The second-order valence-electron chi connectivity index (χ2n) is 9.45. The third-order valence-corrected chi connectivity index (χ3v) is 7.28. The van der Waals surface area contributed by atoms with Gasteiger partial charge in [-0.25, -0.2) is 4.79 Å². The smallest absolute Gasteiger partial charge is 0.430 e. The SMILES string of the molecule is C/C1=C/C2=C[C@H](C)C[C@@H]2[C@@H]2OC(=O)O[C@@H]3CC(C)(C)[C@@H](CC1=O)[C@@]32C. The van der Waals surface area contributed by atoms with Gasteiger partial charge in [0.15, 0.2) is 5.78 Å². The van der Waals surface area contributed by atoms with Gasteiger partial charge in [-0.3, -0.25) is 4.79 Å². The van der Waals surface area contributed by atoms with Gasteiger partial charge in [-0.1, -0.05) is 39.8 Å². The van der Waals surface area contributed by atoms with E-state index in [1.54, 1.807) is 0 Å². The molecule has 0 unspecified atom stereocenters. The van der Waals surface area contributed by atoms with Gasteiger partial charge in [0, 0.05) is 17.8 Å². The minimum Gasteiger partial charge on any atom is -0.430 e. The van der Waals surface area contributed by atoms with Crippen molar-refractivity contribution in [2.75, 3.05) is 0 Å². The molecule has 1 heterocycles. The van der Waals surface area contributed by atoms with E-state index in [4.69, 9.17) is 9.47 Å². The average molecular weight is 344 g/mol. The summed E-state index contributed by atoms with van der Waals surface area (Å²) in [5, 5.41) is 0. The van der Waals surface area contributed by atoms with Crippen molar-refractivity contribution in [3.63, 3.8) is 0 Å². The molecule has 0 aromatic rings. The lowest BCUT2D eigenvalue weighted by atomic mass is 9.63. The van der Waals surface area contributed by atoms with Gasteiger partial charge in [0.2, 0.25) is 0 Å². The molecule has 1 saturated heterocycles. The summed E-state index contributed by atoms with van der Waals surface area (Å²) in [5.74, 6) is 0.911. The quantitative estimate of drug-likeness (QED) is 0.610. The molecule has 1 saturated carbocycles. The molecular formula is C21H28O4. The second-order valence-corrected chi connectivity index (χ2v) is 9.45. The highest BCUT2D eigenvalue weighted by molar-refractivity contribution is 5.95. The number of hydrogen-bond acceptors (Lipinski definition) is 4. The van der Waals surface area contributed by atoms with Crippen LogP contribution < -0.4 is 0 Å². The topological polar surface area (TPSA) is 52.6 Å².